The molecule has 4 heteroatoms. The van der Waals surface area contributed by atoms with E-state index in [4.69, 9.17) is 5.73 Å². The number of rotatable bonds is 1. The van der Waals surface area contributed by atoms with Crippen LogP contribution in [0.3, 0.4) is 0 Å². The van der Waals surface area contributed by atoms with Crippen LogP contribution in [0.25, 0.3) is 11.0 Å². The smallest absolute Gasteiger partial charge is 0.198 e. The monoisotopic (exact) mass is 162 g/mol. The number of anilines is 2. The van der Waals surface area contributed by atoms with Crippen molar-refractivity contribution in [3.8, 4) is 0 Å². The summed E-state index contributed by atoms with van der Waals surface area (Å²) in [6.45, 7) is 0. The Bertz CT molecular complexity index is 404. The van der Waals surface area contributed by atoms with Gasteiger partial charge in [-0.05, 0) is 18.2 Å². The average molecular weight is 162 g/mol. The van der Waals surface area contributed by atoms with Crippen molar-refractivity contribution in [2.24, 2.45) is 0 Å². The molecule has 0 saturated carbocycles. The van der Waals surface area contributed by atoms with Crippen LogP contribution in [-0.4, -0.2) is 17.0 Å². The maximum absolute atomic E-state index is 5.50. The highest BCUT2D eigenvalue weighted by Gasteiger charge is 1.98. The molecule has 0 saturated heterocycles. The normalized spacial score (nSPS) is 10.4. The van der Waals surface area contributed by atoms with Crippen LogP contribution in [0.15, 0.2) is 18.2 Å². The summed E-state index contributed by atoms with van der Waals surface area (Å²) in [7, 11) is 1.88. The van der Waals surface area contributed by atoms with Crippen molar-refractivity contribution in [2.75, 3.05) is 18.1 Å². The molecule has 62 valence electrons. The van der Waals surface area contributed by atoms with E-state index in [0.717, 1.165) is 16.7 Å². The fourth-order valence-electron chi connectivity index (χ4n) is 1.18. The second kappa shape index (κ2) is 2.41. The number of hydrogen-bond acceptors (Lipinski definition) is 3. The topological polar surface area (TPSA) is 66.7 Å². The third-order valence-electron chi connectivity index (χ3n) is 1.79. The average Bonchev–Trinajstić information content (AvgIpc) is 2.43. The van der Waals surface area contributed by atoms with E-state index in [1.54, 1.807) is 0 Å². The van der Waals surface area contributed by atoms with Crippen LogP contribution in [0, 0.1) is 0 Å². The summed E-state index contributed by atoms with van der Waals surface area (Å²) in [6, 6.07) is 5.86. The molecule has 1 aromatic heterocycles. The molecule has 0 bridgehead atoms. The first-order valence-electron chi connectivity index (χ1n) is 3.72. The highest BCUT2D eigenvalue weighted by molar-refractivity contribution is 5.80. The van der Waals surface area contributed by atoms with E-state index in [-0.39, 0.29) is 0 Å². The number of benzene rings is 1. The van der Waals surface area contributed by atoms with Crippen LogP contribution in [0.1, 0.15) is 0 Å². The Morgan fingerprint density at radius 1 is 1.50 bits per heavy atom. The van der Waals surface area contributed by atoms with Gasteiger partial charge in [-0.1, -0.05) is 0 Å². The van der Waals surface area contributed by atoms with Crippen LogP contribution in [0.5, 0.6) is 0 Å². The Morgan fingerprint density at radius 3 is 3.08 bits per heavy atom. The predicted molar refractivity (Wildman–Crippen MR) is 50.1 cm³/mol. The van der Waals surface area contributed by atoms with Gasteiger partial charge in [-0.25, -0.2) is 4.98 Å². The molecule has 12 heavy (non-hydrogen) atoms. The highest BCUT2D eigenvalue weighted by Crippen LogP contribution is 2.16. The van der Waals surface area contributed by atoms with Crippen LogP contribution < -0.4 is 11.1 Å². The van der Waals surface area contributed by atoms with Crippen molar-refractivity contribution in [2.45, 2.75) is 0 Å². The van der Waals surface area contributed by atoms with Gasteiger partial charge in [0.1, 0.15) is 0 Å². The van der Waals surface area contributed by atoms with Crippen LogP contribution in [0.2, 0.25) is 0 Å². The van der Waals surface area contributed by atoms with E-state index in [2.05, 4.69) is 15.3 Å². The fraction of sp³-hybridized carbons (Fsp3) is 0.125. The van der Waals surface area contributed by atoms with E-state index >= 15 is 0 Å². The Morgan fingerprint density at radius 2 is 2.33 bits per heavy atom. The summed E-state index contributed by atoms with van der Waals surface area (Å²) in [5.41, 5.74) is 8.40. The largest absolute Gasteiger partial charge is 0.388 e. The Hall–Kier alpha value is -1.71. The number of aromatic nitrogens is 2. The lowest BCUT2D eigenvalue weighted by Gasteiger charge is -1.96. The summed E-state index contributed by atoms with van der Waals surface area (Å²) >= 11 is 0. The zero-order chi connectivity index (χ0) is 8.55. The van der Waals surface area contributed by atoms with Crippen molar-refractivity contribution in [1.29, 1.82) is 0 Å². The summed E-state index contributed by atoms with van der Waals surface area (Å²) in [5, 5.41) is 3.04. The molecule has 0 unspecified atom stereocenters. The van der Waals surface area contributed by atoms with Gasteiger partial charge >= 0.3 is 0 Å². The minimum Gasteiger partial charge on any atom is -0.388 e. The third kappa shape index (κ3) is 0.972. The second-order valence-corrected chi connectivity index (χ2v) is 2.60. The van der Waals surface area contributed by atoms with E-state index in [9.17, 15) is 0 Å². The Kier molecular flexibility index (Phi) is 1.40. The molecule has 0 amide bonds. The number of fused-ring (bicyclic) bond motifs is 1. The molecule has 0 spiro atoms. The summed E-state index contributed by atoms with van der Waals surface area (Å²) in [6.07, 6.45) is 0. The molecule has 0 aliphatic rings. The number of H-pyrrole nitrogens is 1. The maximum atomic E-state index is 5.50. The van der Waals surface area contributed by atoms with Gasteiger partial charge < -0.3 is 16.0 Å². The van der Waals surface area contributed by atoms with Gasteiger partial charge in [-0.2, -0.15) is 0 Å². The Labute approximate surface area is 69.8 Å². The van der Waals surface area contributed by atoms with Gasteiger partial charge in [-0.15, -0.1) is 0 Å². The minimum atomic E-state index is 0.457. The molecule has 0 radical (unpaired) electrons. The molecule has 0 aliphatic carbocycles. The van der Waals surface area contributed by atoms with Gasteiger partial charge in [0.15, 0.2) is 5.95 Å². The molecular formula is C8H10N4. The van der Waals surface area contributed by atoms with Crippen molar-refractivity contribution >= 4 is 22.7 Å². The summed E-state index contributed by atoms with van der Waals surface area (Å²) in [4.78, 5) is 7.04. The lowest BCUT2D eigenvalue weighted by atomic mass is 10.3. The van der Waals surface area contributed by atoms with E-state index in [1.165, 1.54) is 0 Å². The first-order valence-corrected chi connectivity index (χ1v) is 3.72. The van der Waals surface area contributed by atoms with Gasteiger partial charge in [0.2, 0.25) is 0 Å². The van der Waals surface area contributed by atoms with E-state index < -0.39 is 0 Å². The molecule has 2 aromatic rings. The number of nitrogens with one attached hydrogen (secondary N) is 2. The maximum Gasteiger partial charge on any atom is 0.198 e. The zero-order valence-corrected chi connectivity index (χ0v) is 6.76. The first-order chi connectivity index (χ1) is 5.79. The molecule has 0 fully saturated rings. The standard InChI is InChI=1S/C8H10N4/c1-10-5-2-3-6-7(4-5)12-8(9)11-6/h2-4,10H,1H3,(H3,9,11,12). The quantitative estimate of drug-likeness (QED) is 0.590. The second-order valence-electron chi connectivity index (χ2n) is 2.60. The van der Waals surface area contributed by atoms with Crippen molar-refractivity contribution in [1.82, 2.24) is 9.97 Å². The zero-order valence-electron chi connectivity index (χ0n) is 6.76. The Balaban J connectivity index is 2.66. The predicted octanol–water partition coefficient (Wildman–Crippen LogP) is 1.19. The van der Waals surface area contributed by atoms with Gasteiger partial charge in [0.05, 0.1) is 11.0 Å². The minimum absolute atomic E-state index is 0.457. The number of aromatic amines is 1. The van der Waals surface area contributed by atoms with Crippen LogP contribution >= 0.6 is 0 Å². The van der Waals surface area contributed by atoms with Gasteiger partial charge in [0.25, 0.3) is 0 Å². The van der Waals surface area contributed by atoms with E-state index in [0.29, 0.717) is 5.95 Å². The van der Waals surface area contributed by atoms with Crippen molar-refractivity contribution in [3.63, 3.8) is 0 Å². The molecule has 4 nitrogen and oxygen atoms in total. The number of hydrogen-bond donors (Lipinski definition) is 3. The summed E-state index contributed by atoms with van der Waals surface area (Å²) < 4.78 is 0. The SMILES string of the molecule is CNc1ccc2nc(N)[nH]c2c1. The summed E-state index contributed by atoms with van der Waals surface area (Å²) in [5.74, 6) is 0.457. The molecule has 0 aliphatic heterocycles. The number of nitrogens with two attached hydrogens (primary N) is 1. The number of imidazole rings is 1. The van der Waals surface area contributed by atoms with E-state index in [1.807, 2.05) is 25.2 Å². The van der Waals surface area contributed by atoms with Gasteiger partial charge in [-0.3, -0.25) is 0 Å². The lowest BCUT2D eigenvalue weighted by molar-refractivity contribution is 1.35. The third-order valence-corrected chi connectivity index (χ3v) is 1.79. The van der Waals surface area contributed by atoms with Crippen molar-refractivity contribution < 1.29 is 0 Å². The fourth-order valence-corrected chi connectivity index (χ4v) is 1.18. The van der Waals surface area contributed by atoms with Crippen molar-refractivity contribution in [3.05, 3.63) is 18.2 Å². The first kappa shape index (κ1) is 6.97. The molecule has 4 N–H and O–H groups in total. The molecule has 1 heterocycles. The molecule has 1 aromatic carbocycles. The van der Waals surface area contributed by atoms with Crippen LogP contribution in [0.4, 0.5) is 11.6 Å². The number of nitrogens with zero attached hydrogens (tertiary/aromatic N) is 1. The van der Waals surface area contributed by atoms with Gasteiger partial charge in [0, 0.05) is 12.7 Å². The highest BCUT2D eigenvalue weighted by atomic mass is 15.0. The molecule has 2 rings (SSSR count). The number of nitrogen functional groups attached to an aromatic ring is 1. The van der Waals surface area contributed by atoms with Crippen LogP contribution in [-0.2, 0) is 0 Å². The molecular weight excluding hydrogens is 152 g/mol. The lowest BCUT2D eigenvalue weighted by Crippen LogP contribution is -1.86. The molecule has 0 atom stereocenters.